The number of hydrogen-bond acceptors (Lipinski definition) is 5. The quantitative estimate of drug-likeness (QED) is 0.686. The standard InChI is InChI=1S/C14H17FN2O4/c15-11-2-1-3-12(17(18)19)13(11)16-10-4-6-14(7-5-10)20-8-9-21-14/h1-3,10,16H,4-9H2. The fraction of sp³-hybridized carbons (Fsp3) is 0.571. The molecule has 3 rings (SSSR count). The van der Waals surface area contributed by atoms with Crippen molar-refractivity contribution in [2.24, 2.45) is 0 Å². The Labute approximate surface area is 121 Å². The molecule has 2 fully saturated rings. The molecule has 1 saturated heterocycles. The molecule has 0 atom stereocenters. The molecule has 6 nitrogen and oxygen atoms in total. The fourth-order valence-electron chi connectivity index (χ4n) is 3.00. The average molecular weight is 296 g/mol. The monoisotopic (exact) mass is 296 g/mol. The minimum Gasteiger partial charge on any atom is -0.374 e. The van der Waals surface area contributed by atoms with Gasteiger partial charge in [0.05, 0.1) is 18.1 Å². The van der Waals surface area contributed by atoms with E-state index in [4.69, 9.17) is 9.47 Å². The van der Waals surface area contributed by atoms with Crippen molar-refractivity contribution in [1.29, 1.82) is 0 Å². The Bertz CT molecular complexity index is 536. The molecular formula is C14H17FN2O4. The van der Waals surface area contributed by atoms with Crippen LogP contribution in [-0.4, -0.2) is 30.0 Å². The zero-order valence-electron chi connectivity index (χ0n) is 11.5. The molecule has 1 aliphatic heterocycles. The predicted octanol–water partition coefficient (Wildman–Crippen LogP) is 2.83. The fourth-order valence-corrected chi connectivity index (χ4v) is 3.00. The lowest BCUT2D eigenvalue weighted by molar-refractivity contribution is -0.384. The van der Waals surface area contributed by atoms with Gasteiger partial charge in [0.25, 0.3) is 5.69 Å². The summed E-state index contributed by atoms with van der Waals surface area (Å²) in [5, 5.41) is 14.0. The maximum absolute atomic E-state index is 13.8. The van der Waals surface area contributed by atoms with Gasteiger partial charge in [0, 0.05) is 24.9 Å². The minimum absolute atomic E-state index is 0.0148. The van der Waals surface area contributed by atoms with Crippen LogP contribution in [0.1, 0.15) is 25.7 Å². The average Bonchev–Trinajstić information content (AvgIpc) is 2.92. The predicted molar refractivity (Wildman–Crippen MR) is 73.6 cm³/mol. The maximum atomic E-state index is 13.8. The number of anilines is 1. The topological polar surface area (TPSA) is 73.6 Å². The molecule has 0 bridgehead atoms. The van der Waals surface area contributed by atoms with Gasteiger partial charge in [-0.05, 0) is 18.9 Å². The van der Waals surface area contributed by atoms with Crippen molar-refractivity contribution in [2.75, 3.05) is 18.5 Å². The molecule has 1 N–H and O–H groups in total. The van der Waals surface area contributed by atoms with E-state index in [1.54, 1.807) is 0 Å². The number of ether oxygens (including phenoxy) is 2. The van der Waals surface area contributed by atoms with Crippen molar-refractivity contribution in [3.63, 3.8) is 0 Å². The van der Waals surface area contributed by atoms with E-state index >= 15 is 0 Å². The van der Waals surface area contributed by atoms with Gasteiger partial charge in [-0.25, -0.2) is 4.39 Å². The molecule has 21 heavy (non-hydrogen) atoms. The molecule has 2 aliphatic rings. The first kappa shape index (κ1) is 14.2. The number of para-hydroxylation sites is 1. The van der Waals surface area contributed by atoms with E-state index in [9.17, 15) is 14.5 Å². The number of halogens is 1. The Morgan fingerprint density at radius 2 is 1.95 bits per heavy atom. The minimum atomic E-state index is -0.599. The Morgan fingerprint density at radius 1 is 1.29 bits per heavy atom. The molecule has 1 aliphatic carbocycles. The van der Waals surface area contributed by atoms with Crippen LogP contribution in [0.2, 0.25) is 0 Å². The highest BCUT2D eigenvalue weighted by Gasteiger charge is 2.40. The molecule has 0 unspecified atom stereocenters. The highest BCUT2D eigenvalue weighted by atomic mass is 19.1. The summed E-state index contributed by atoms with van der Waals surface area (Å²) in [5.41, 5.74) is -0.264. The lowest BCUT2D eigenvalue weighted by Gasteiger charge is -2.35. The second-order valence-corrected chi connectivity index (χ2v) is 5.42. The van der Waals surface area contributed by atoms with Crippen LogP contribution in [0.3, 0.4) is 0 Å². The molecule has 1 spiro atoms. The van der Waals surface area contributed by atoms with Crippen LogP contribution in [0.5, 0.6) is 0 Å². The lowest BCUT2D eigenvalue weighted by atomic mass is 9.90. The largest absolute Gasteiger partial charge is 0.374 e. The molecule has 7 heteroatoms. The number of nitrogens with zero attached hydrogens (tertiary/aromatic N) is 1. The molecule has 0 amide bonds. The lowest BCUT2D eigenvalue weighted by Crippen LogP contribution is -2.39. The number of benzene rings is 1. The van der Waals surface area contributed by atoms with Crippen LogP contribution < -0.4 is 5.32 Å². The first-order chi connectivity index (χ1) is 10.1. The molecule has 1 aromatic carbocycles. The molecule has 1 heterocycles. The van der Waals surface area contributed by atoms with Crippen molar-refractivity contribution in [2.45, 2.75) is 37.5 Å². The maximum Gasteiger partial charge on any atom is 0.295 e. The first-order valence-corrected chi connectivity index (χ1v) is 7.07. The summed E-state index contributed by atoms with van der Waals surface area (Å²) in [6, 6.07) is 3.86. The Morgan fingerprint density at radius 3 is 2.57 bits per heavy atom. The van der Waals surface area contributed by atoms with Crippen molar-refractivity contribution in [1.82, 2.24) is 0 Å². The number of nitro benzene ring substituents is 1. The van der Waals surface area contributed by atoms with Crippen LogP contribution in [0.15, 0.2) is 18.2 Å². The van der Waals surface area contributed by atoms with E-state index in [-0.39, 0.29) is 17.4 Å². The molecule has 1 saturated carbocycles. The molecule has 114 valence electrons. The van der Waals surface area contributed by atoms with E-state index < -0.39 is 16.5 Å². The molecular weight excluding hydrogens is 279 g/mol. The smallest absolute Gasteiger partial charge is 0.295 e. The van der Waals surface area contributed by atoms with E-state index in [0.717, 1.165) is 12.8 Å². The van der Waals surface area contributed by atoms with Crippen molar-refractivity contribution >= 4 is 11.4 Å². The van der Waals surface area contributed by atoms with Gasteiger partial charge in [0.1, 0.15) is 5.69 Å². The van der Waals surface area contributed by atoms with E-state index in [1.807, 2.05) is 0 Å². The number of rotatable bonds is 3. The zero-order valence-corrected chi connectivity index (χ0v) is 11.5. The van der Waals surface area contributed by atoms with Crippen LogP contribution >= 0.6 is 0 Å². The van der Waals surface area contributed by atoms with Gasteiger partial charge in [0.15, 0.2) is 11.6 Å². The van der Waals surface area contributed by atoms with Gasteiger partial charge < -0.3 is 14.8 Å². The summed E-state index contributed by atoms with van der Waals surface area (Å²) in [5.74, 6) is -1.09. The third-order valence-electron chi connectivity index (χ3n) is 4.10. The summed E-state index contributed by atoms with van der Waals surface area (Å²) >= 11 is 0. The second-order valence-electron chi connectivity index (χ2n) is 5.42. The van der Waals surface area contributed by atoms with Crippen LogP contribution in [0.25, 0.3) is 0 Å². The Balaban J connectivity index is 1.69. The van der Waals surface area contributed by atoms with E-state index in [1.165, 1.54) is 18.2 Å². The third-order valence-corrected chi connectivity index (χ3v) is 4.10. The Hall–Kier alpha value is -1.73. The van der Waals surface area contributed by atoms with Crippen molar-refractivity contribution in [3.05, 3.63) is 34.1 Å². The number of nitro groups is 1. The highest BCUT2D eigenvalue weighted by Crippen LogP contribution is 2.38. The van der Waals surface area contributed by atoms with Gasteiger partial charge in [-0.2, -0.15) is 0 Å². The Kier molecular flexibility index (Phi) is 3.77. The third kappa shape index (κ3) is 2.84. The van der Waals surface area contributed by atoms with Crippen molar-refractivity contribution < 1.29 is 18.8 Å². The van der Waals surface area contributed by atoms with E-state index in [2.05, 4.69) is 5.32 Å². The summed E-state index contributed by atoms with van der Waals surface area (Å²) in [4.78, 5) is 10.4. The SMILES string of the molecule is O=[N+]([O-])c1cccc(F)c1NC1CCC2(CC1)OCCO2. The molecule has 1 aromatic rings. The van der Waals surface area contributed by atoms with Gasteiger partial charge in [-0.3, -0.25) is 10.1 Å². The van der Waals surface area contributed by atoms with Crippen LogP contribution in [0, 0.1) is 15.9 Å². The van der Waals surface area contributed by atoms with Crippen LogP contribution in [-0.2, 0) is 9.47 Å². The number of nitrogens with one attached hydrogen (secondary N) is 1. The van der Waals surface area contributed by atoms with Crippen molar-refractivity contribution in [3.8, 4) is 0 Å². The first-order valence-electron chi connectivity index (χ1n) is 7.07. The van der Waals surface area contributed by atoms with Gasteiger partial charge >= 0.3 is 0 Å². The summed E-state index contributed by atoms with van der Waals surface area (Å²) in [6.07, 6.45) is 2.89. The van der Waals surface area contributed by atoms with Crippen LogP contribution in [0.4, 0.5) is 15.8 Å². The molecule has 0 aromatic heterocycles. The van der Waals surface area contributed by atoms with E-state index in [0.29, 0.717) is 26.1 Å². The summed E-state index contributed by atoms with van der Waals surface area (Å²) in [6.45, 7) is 1.22. The van der Waals surface area contributed by atoms with Gasteiger partial charge in [0.2, 0.25) is 0 Å². The second kappa shape index (κ2) is 5.57. The number of hydrogen-bond donors (Lipinski definition) is 1. The summed E-state index contributed by atoms with van der Waals surface area (Å²) < 4.78 is 25.1. The normalized spacial score (nSPS) is 21.6. The highest BCUT2D eigenvalue weighted by molar-refractivity contribution is 5.62. The van der Waals surface area contributed by atoms with Gasteiger partial charge in [-0.15, -0.1) is 0 Å². The van der Waals surface area contributed by atoms with Gasteiger partial charge in [-0.1, -0.05) is 6.07 Å². The summed E-state index contributed by atoms with van der Waals surface area (Å²) in [7, 11) is 0. The zero-order chi connectivity index (χ0) is 14.9. The molecule has 0 radical (unpaired) electrons.